The van der Waals surface area contributed by atoms with E-state index < -0.39 is 23.4 Å². The summed E-state index contributed by atoms with van der Waals surface area (Å²) in [6.45, 7) is 2.47. The Kier molecular flexibility index (Phi) is 8.56. The molecule has 0 spiro atoms. The second kappa shape index (κ2) is 11.7. The van der Waals surface area contributed by atoms with E-state index in [0.717, 1.165) is 25.7 Å². The first-order valence-corrected chi connectivity index (χ1v) is 12.8. The van der Waals surface area contributed by atoms with Gasteiger partial charge in [-0.3, -0.25) is 0 Å². The van der Waals surface area contributed by atoms with Gasteiger partial charge in [0.15, 0.2) is 11.6 Å². The minimum atomic E-state index is -1.14. The minimum absolute atomic E-state index is 0.0822. The lowest BCUT2D eigenvalue weighted by Gasteiger charge is -2.35. The summed E-state index contributed by atoms with van der Waals surface area (Å²) in [5, 5.41) is 23.4. The number of aliphatic carboxylic acids is 1. The highest BCUT2D eigenvalue weighted by molar-refractivity contribution is 5.83. The Morgan fingerprint density at radius 1 is 1.16 bits per heavy atom. The first-order chi connectivity index (χ1) is 17.8. The normalized spacial score (nSPS) is 18.4. The molecule has 1 heterocycles. The molecule has 1 atom stereocenters. The fourth-order valence-electron chi connectivity index (χ4n) is 5.29. The first kappa shape index (κ1) is 27.2. The summed E-state index contributed by atoms with van der Waals surface area (Å²) in [6.07, 6.45) is 4.00. The number of benzene rings is 2. The summed E-state index contributed by atoms with van der Waals surface area (Å²) >= 11 is 0. The van der Waals surface area contributed by atoms with Crippen LogP contribution in [0.25, 0.3) is 11.1 Å². The first-order valence-electron chi connectivity index (χ1n) is 12.8. The lowest BCUT2D eigenvalue weighted by Crippen LogP contribution is -2.50. The highest BCUT2D eigenvalue weighted by atomic mass is 19.1. The van der Waals surface area contributed by atoms with E-state index in [4.69, 9.17) is 18.9 Å². The van der Waals surface area contributed by atoms with Crippen molar-refractivity contribution in [2.75, 3.05) is 32.8 Å². The maximum Gasteiger partial charge on any atom is 0.329 e. The molecule has 2 aromatic carbocycles. The molecule has 0 amide bonds. The highest BCUT2D eigenvalue weighted by Gasteiger charge is 2.40. The number of carboxylic acid groups (broad SMARTS) is 1. The second-order valence-corrected chi connectivity index (χ2v) is 9.78. The third-order valence-electron chi connectivity index (χ3n) is 7.37. The Bertz CT molecular complexity index is 1110. The average Bonchev–Trinajstić information content (AvgIpc) is 3.41. The summed E-state index contributed by atoms with van der Waals surface area (Å²) in [6, 6.07) is 6.88. The van der Waals surface area contributed by atoms with Crippen LogP contribution in [-0.2, 0) is 20.9 Å². The molecule has 9 heteroatoms. The Balaban J connectivity index is 1.78. The van der Waals surface area contributed by atoms with Crippen molar-refractivity contribution in [1.82, 2.24) is 0 Å². The molecule has 1 aliphatic carbocycles. The lowest BCUT2D eigenvalue weighted by atomic mass is 9.89. The summed E-state index contributed by atoms with van der Waals surface area (Å²) in [4.78, 5) is 12.2. The molecule has 1 saturated heterocycles. The molecule has 0 unspecified atom stereocenters. The van der Waals surface area contributed by atoms with Crippen LogP contribution >= 0.6 is 0 Å². The molecular weight excluding hydrogens is 481 g/mol. The van der Waals surface area contributed by atoms with Gasteiger partial charge in [-0.25, -0.2) is 9.18 Å². The van der Waals surface area contributed by atoms with Gasteiger partial charge in [0.05, 0.1) is 38.6 Å². The van der Waals surface area contributed by atoms with Gasteiger partial charge in [0.1, 0.15) is 11.3 Å². The number of aliphatic hydroxyl groups is 1. The van der Waals surface area contributed by atoms with Crippen molar-refractivity contribution in [2.45, 2.75) is 69.8 Å². The largest absolute Gasteiger partial charge is 0.496 e. The molecule has 0 bridgehead atoms. The monoisotopic (exact) mass is 517 g/mol. The van der Waals surface area contributed by atoms with Crippen molar-refractivity contribution in [3.8, 4) is 22.6 Å². The number of ether oxygens (including phenoxy) is 4. The van der Waals surface area contributed by atoms with E-state index in [-0.39, 0.29) is 29.6 Å². The van der Waals surface area contributed by atoms with Crippen LogP contribution in [0.5, 0.6) is 11.5 Å². The third kappa shape index (κ3) is 5.68. The van der Waals surface area contributed by atoms with Crippen LogP contribution in [0.3, 0.4) is 0 Å². The molecule has 3 N–H and O–H groups in total. The molecular formula is C28H36FNO7. The lowest BCUT2D eigenvalue weighted by molar-refractivity contribution is -0.145. The van der Waals surface area contributed by atoms with Gasteiger partial charge in [-0.15, -0.1) is 0 Å². The minimum Gasteiger partial charge on any atom is -0.496 e. The van der Waals surface area contributed by atoms with E-state index in [0.29, 0.717) is 48.6 Å². The van der Waals surface area contributed by atoms with E-state index in [2.05, 4.69) is 5.32 Å². The third-order valence-corrected chi connectivity index (χ3v) is 7.37. The van der Waals surface area contributed by atoms with E-state index in [1.807, 2.05) is 6.07 Å². The van der Waals surface area contributed by atoms with Crippen LogP contribution in [0, 0.1) is 5.82 Å². The Hall–Kier alpha value is -2.88. The van der Waals surface area contributed by atoms with Gasteiger partial charge < -0.3 is 34.5 Å². The molecule has 1 aliphatic heterocycles. The molecule has 2 aromatic rings. The number of rotatable bonds is 10. The van der Waals surface area contributed by atoms with Crippen molar-refractivity contribution in [3.05, 3.63) is 41.2 Å². The SMILES string of the molecule is COc1cc(-c2ccc(NC3(C(=O)O)CCOCC3)cc2COC2CCCC2)c(F)c(OC)c1[C@@H](C)O. The molecule has 0 aromatic heterocycles. The number of carboxylic acids is 1. The summed E-state index contributed by atoms with van der Waals surface area (Å²) in [5.41, 5.74) is 1.23. The zero-order valence-corrected chi connectivity index (χ0v) is 21.6. The number of hydrogen-bond donors (Lipinski definition) is 3. The van der Waals surface area contributed by atoms with Gasteiger partial charge in [0.2, 0.25) is 0 Å². The van der Waals surface area contributed by atoms with Crippen LogP contribution in [0.1, 0.15) is 62.7 Å². The number of carbonyl (C=O) groups is 1. The molecule has 202 valence electrons. The van der Waals surface area contributed by atoms with Gasteiger partial charge in [-0.1, -0.05) is 18.9 Å². The van der Waals surface area contributed by atoms with Gasteiger partial charge in [0, 0.05) is 37.3 Å². The van der Waals surface area contributed by atoms with E-state index in [1.165, 1.54) is 21.1 Å². The molecule has 2 aliphatic rings. The van der Waals surface area contributed by atoms with Crippen LogP contribution in [0.15, 0.2) is 24.3 Å². The van der Waals surface area contributed by atoms with Gasteiger partial charge in [0.25, 0.3) is 0 Å². The zero-order chi connectivity index (χ0) is 26.6. The Morgan fingerprint density at radius 3 is 2.46 bits per heavy atom. The van der Waals surface area contributed by atoms with E-state index in [9.17, 15) is 15.0 Å². The van der Waals surface area contributed by atoms with Crippen molar-refractivity contribution >= 4 is 11.7 Å². The van der Waals surface area contributed by atoms with Crippen molar-refractivity contribution in [1.29, 1.82) is 0 Å². The van der Waals surface area contributed by atoms with Crippen LogP contribution in [-0.4, -0.2) is 55.3 Å². The van der Waals surface area contributed by atoms with E-state index >= 15 is 4.39 Å². The number of methoxy groups -OCH3 is 2. The topological polar surface area (TPSA) is 106 Å². The average molecular weight is 518 g/mol. The highest BCUT2D eigenvalue weighted by Crippen LogP contribution is 2.43. The van der Waals surface area contributed by atoms with Crippen molar-refractivity contribution in [3.63, 3.8) is 0 Å². The van der Waals surface area contributed by atoms with Crippen molar-refractivity contribution < 1.29 is 38.3 Å². The standard InChI is InChI=1S/C28H36FNO7/c1-17(31)24-23(34-2)15-22(25(29)26(24)35-3)21-9-8-19(14-18(21)16-37-20-6-4-5-7-20)30-28(27(32)33)10-12-36-13-11-28/h8-9,14-15,17,20,30-31H,4-7,10-13,16H2,1-3H3,(H,32,33)/t17-/m1/s1. The molecule has 37 heavy (non-hydrogen) atoms. The number of hydrogen-bond acceptors (Lipinski definition) is 7. The quantitative estimate of drug-likeness (QED) is 0.401. The van der Waals surface area contributed by atoms with Crippen LogP contribution < -0.4 is 14.8 Å². The maximum absolute atomic E-state index is 15.8. The Morgan fingerprint density at radius 2 is 1.86 bits per heavy atom. The number of aliphatic hydroxyl groups excluding tert-OH is 1. The zero-order valence-electron chi connectivity index (χ0n) is 21.6. The fourth-order valence-corrected chi connectivity index (χ4v) is 5.29. The maximum atomic E-state index is 15.8. The summed E-state index contributed by atoms with van der Waals surface area (Å²) in [7, 11) is 2.81. The predicted octanol–water partition coefficient (Wildman–Crippen LogP) is 5.07. The van der Waals surface area contributed by atoms with Crippen molar-refractivity contribution in [2.24, 2.45) is 0 Å². The van der Waals surface area contributed by atoms with Gasteiger partial charge in [-0.05, 0) is 49.1 Å². The van der Waals surface area contributed by atoms with Gasteiger partial charge in [-0.2, -0.15) is 0 Å². The Labute approximate surface area is 216 Å². The fraction of sp³-hybridized carbons (Fsp3) is 0.536. The molecule has 0 radical (unpaired) electrons. The second-order valence-electron chi connectivity index (χ2n) is 9.78. The molecule has 1 saturated carbocycles. The molecule has 4 rings (SSSR count). The molecule has 8 nitrogen and oxygen atoms in total. The van der Waals surface area contributed by atoms with Crippen LogP contribution in [0.4, 0.5) is 10.1 Å². The number of anilines is 1. The van der Waals surface area contributed by atoms with Gasteiger partial charge >= 0.3 is 5.97 Å². The smallest absolute Gasteiger partial charge is 0.329 e. The molecule has 2 fully saturated rings. The summed E-state index contributed by atoms with van der Waals surface area (Å²) < 4.78 is 38.2. The van der Waals surface area contributed by atoms with Crippen LogP contribution in [0.2, 0.25) is 0 Å². The van der Waals surface area contributed by atoms with E-state index in [1.54, 1.807) is 18.2 Å². The predicted molar refractivity (Wildman–Crippen MR) is 137 cm³/mol. The number of halogens is 1. The number of nitrogens with one attached hydrogen (secondary N) is 1. The summed E-state index contributed by atoms with van der Waals surface area (Å²) in [5.74, 6) is -1.33.